The molecule has 0 aliphatic heterocycles. The fourth-order valence-electron chi connectivity index (χ4n) is 3.67. The molecule has 27 heavy (non-hydrogen) atoms. The number of carbonyl (C=O) groups excluding carboxylic acids is 1. The standard InChI is InChI=1S/C19H24N4O4/c1-22(14-8-7-12-5-3-4-6-13(12)14)11-15(24)16-17(20)23(9-10-27-2)19(26)21-18(16)25/h3-6,14H,7-11,20H2,1-2H3,(H,21,25,26)/t14-/m1/s1. The van der Waals surface area contributed by atoms with Gasteiger partial charge in [-0.3, -0.25) is 24.0 Å². The van der Waals surface area contributed by atoms with Crippen molar-refractivity contribution in [3.63, 3.8) is 0 Å². The number of hydrogen-bond acceptors (Lipinski definition) is 6. The molecule has 0 fully saturated rings. The number of nitrogen functional groups attached to an aromatic ring is 1. The third kappa shape index (κ3) is 3.72. The molecule has 1 aromatic heterocycles. The van der Waals surface area contributed by atoms with Crippen LogP contribution in [0.5, 0.6) is 0 Å². The third-order valence-corrected chi connectivity index (χ3v) is 5.06. The topological polar surface area (TPSA) is 110 Å². The number of H-pyrrole nitrogens is 1. The predicted molar refractivity (Wildman–Crippen MR) is 102 cm³/mol. The second-order valence-corrected chi connectivity index (χ2v) is 6.76. The van der Waals surface area contributed by atoms with Crippen molar-refractivity contribution in [3.8, 4) is 0 Å². The molecule has 1 aliphatic rings. The van der Waals surface area contributed by atoms with Gasteiger partial charge in [0, 0.05) is 13.2 Å². The fourth-order valence-corrected chi connectivity index (χ4v) is 3.67. The van der Waals surface area contributed by atoms with E-state index in [1.54, 1.807) is 0 Å². The van der Waals surface area contributed by atoms with E-state index in [1.165, 1.54) is 18.2 Å². The van der Waals surface area contributed by atoms with E-state index in [4.69, 9.17) is 10.5 Å². The number of aromatic nitrogens is 2. The highest BCUT2D eigenvalue weighted by molar-refractivity contribution is 6.01. The number of anilines is 1. The lowest BCUT2D eigenvalue weighted by molar-refractivity contribution is 0.0917. The van der Waals surface area contributed by atoms with Crippen molar-refractivity contribution in [1.82, 2.24) is 14.5 Å². The van der Waals surface area contributed by atoms with Crippen LogP contribution in [0.1, 0.15) is 33.9 Å². The van der Waals surface area contributed by atoms with Crippen molar-refractivity contribution >= 4 is 11.6 Å². The number of benzene rings is 1. The number of rotatable bonds is 7. The van der Waals surface area contributed by atoms with Gasteiger partial charge in [-0.1, -0.05) is 24.3 Å². The average molecular weight is 372 g/mol. The number of aromatic amines is 1. The summed E-state index contributed by atoms with van der Waals surface area (Å²) in [5.74, 6) is -0.530. The lowest BCUT2D eigenvalue weighted by Crippen LogP contribution is -2.39. The number of fused-ring (bicyclic) bond motifs is 1. The van der Waals surface area contributed by atoms with E-state index in [0.717, 1.165) is 17.4 Å². The summed E-state index contributed by atoms with van der Waals surface area (Å²) >= 11 is 0. The minimum Gasteiger partial charge on any atom is -0.384 e. The van der Waals surface area contributed by atoms with Crippen molar-refractivity contribution in [1.29, 1.82) is 0 Å². The highest BCUT2D eigenvalue weighted by atomic mass is 16.5. The molecule has 0 amide bonds. The first kappa shape index (κ1) is 19.1. The first-order valence-electron chi connectivity index (χ1n) is 8.86. The minimum atomic E-state index is -0.753. The summed E-state index contributed by atoms with van der Waals surface area (Å²) in [7, 11) is 3.35. The summed E-state index contributed by atoms with van der Waals surface area (Å²) in [5, 5.41) is 0. The lowest BCUT2D eigenvalue weighted by atomic mass is 10.1. The number of likely N-dealkylation sites (N-methyl/N-ethyl adjacent to an activating group) is 1. The van der Waals surface area contributed by atoms with Crippen molar-refractivity contribution in [2.45, 2.75) is 25.4 Å². The van der Waals surface area contributed by atoms with Crippen LogP contribution in [0.2, 0.25) is 0 Å². The summed E-state index contributed by atoms with van der Waals surface area (Å²) in [6.45, 7) is 0.432. The number of carbonyl (C=O) groups is 1. The van der Waals surface area contributed by atoms with Crippen molar-refractivity contribution in [3.05, 3.63) is 61.8 Å². The molecule has 0 saturated heterocycles. The molecule has 8 heteroatoms. The number of ether oxygens (including phenoxy) is 1. The zero-order valence-electron chi connectivity index (χ0n) is 15.5. The molecule has 1 heterocycles. The monoisotopic (exact) mass is 372 g/mol. The Labute approximate surface area is 156 Å². The van der Waals surface area contributed by atoms with Crippen molar-refractivity contribution in [2.75, 3.05) is 33.0 Å². The van der Waals surface area contributed by atoms with Crippen LogP contribution in [0.25, 0.3) is 0 Å². The normalized spacial score (nSPS) is 15.9. The number of nitrogens with one attached hydrogen (secondary N) is 1. The van der Waals surface area contributed by atoms with Gasteiger partial charge in [0.1, 0.15) is 11.4 Å². The Bertz CT molecular complexity index is 963. The molecule has 0 saturated carbocycles. The first-order valence-corrected chi connectivity index (χ1v) is 8.86. The van der Waals surface area contributed by atoms with Gasteiger partial charge in [-0.25, -0.2) is 4.79 Å². The Morgan fingerprint density at radius 1 is 1.37 bits per heavy atom. The molecule has 1 atom stereocenters. The van der Waals surface area contributed by atoms with Crippen molar-refractivity contribution in [2.24, 2.45) is 0 Å². The molecule has 0 spiro atoms. The summed E-state index contributed by atoms with van der Waals surface area (Å²) in [5.41, 5.74) is 6.89. The zero-order chi connectivity index (χ0) is 19.6. The van der Waals surface area contributed by atoms with Crippen LogP contribution >= 0.6 is 0 Å². The average Bonchev–Trinajstić information content (AvgIpc) is 3.05. The first-order chi connectivity index (χ1) is 12.9. The van der Waals surface area contributed by atoms with Crippen LogP contribution in [0.4, 0.5) is 5.82 Å². The second kappa shape index (κ2) is 7.89. The van der Waals surface area contributed by atoms with Gasteiger partial charge in [0.05, 0.1) is 19.7 Å². The maximum atomic E-state index is 12.8. The number of nitrogens with zero attached hydrogens (tertiary/aromatic N) is 2. The molecule has 0 bridgehead atoms. The molecule has 1 aliphatic carbocycles. The number of ketones is 1. The maximum Gasteiger partial charge on any atom is 0.330 e. The SMILES string of the molecule is COCCn1c(N)c(C(=O)CN(C)[C@@H]2CCc3ccccc32)c(=O)[nH]c1=O. The summed E-state index contributed by atoms with van der Waals surface area (Å²) in [6.07, 6.45) is 1.88. The maximum absolute atomic E-state index is 12.8. The highest BCUT2D eigenvalue weighted by Crippen LogP contribution is 2.34. The lowest BCUT2D eigenvalue weighted by Gasteiger charge is -2.24. The Balaban J connectivity index is 1.84. The Kier molecular flexibility index (Phi) is 5.57. The quantitative estimate of drug-likeness (QED) is 0.688. The van der Waals surface area contributed by atoms with E-state index < -0.39 is 17.0 Å². The molecule has 0 unspecified atom stereocenters. The second-order valence-electron chi connectivity index (χ2n) is 6.76. The van der Waals surface area contributed by atoms with Gasteiger partial charge < -0.3 is 10.5 Å². The molecule has 8 nitrogen and oxygen atoms in total. The summed E-state index contributed by atoms with van der Waals surface area (Å²) in [4.78, 5) is 41.1. The molecule has 1 aromatic carbocycles. The van der Waals surface area contributed by atoms with Gasteiger partial charge in [-0.2, -0.15) is 0 Å². The number of aryl methyl sites for hydroxylation is 1. The van der Waals surface area contributed by atoms with Crippen LogP contribution in [0, 0.1) is 0 Å². The molecular weight excluding hydrogens is 348 g/mol. The zero-order valence-corrected chi connectivity index (χ0v) is 15.5. The molecule has 3 rings (SSSR count). The Morgan fingerprint density at radius 3 is 2.85 bits per heavy atom. The van der Waals surface area contributed by atoms with E-state index in [-0.39, 0.29) is 37.1 Å². The van der Waals surface area contributed by atoms with Gasteiger partial charge in [0.25, 0.3) is 5.56 Å². The number of Topliss-reactive ketones (excluding diaryl/α,β-unsaturated/α-hetero) is 1. The summed E-state index contributed by atoms with van der Waals surface area (Å²) < 4.78 is 6.11. The molecule has 2 aromatic rings. The van der Waals surface area contributed by atoms with Crippen LogP contribution in [-0.2, 0) is 17.7 Å². The van der Waals surface area contributed by atoms with Crippen molar-refractivity contribution < 1.29 is 9.53 Å². The van der Waals surface area contributed by atoms with Crippen LogP contribution < -0.4 is 17.0 Å². The van der Waals surface area contributed by atoms with E-state index in [1.807, 2.05) is 24.1 Å². The molecule has 144 valence electrons. The number of nitrogens with two attached hydrogens (primary N) is 1. The fraction of sp³-hybridized carbons (Fsp3) is 0.421. The van der Waals surface area contributed by atoms with Crippen LogP contribution in [0.3, 0.4) is 0 Å². The van der Waals surface area contributed by atoms with Crippen LogP contribution in [0.15, 0.2) is 33.9 Å². The van der Waals surface area contributed by atoms with Gasteiger partial charge in [0.2, 0.25) is 0 Å². The van der Waals surface area contributed by atoms with Gasteiger partial charge in [-0.15, -0.1) is 0 Å². The van der Waals surface area contributed by atoms with E-state index in [0.29, 0.717) is 0 Å². The Hall–Kier alpha value is -2.71. The third-order valence-electron chi connectivity index (χ3n) is 5.06. The Morgan fingerprint density at radius 2 is 2.11 bits per heavy atom. The molecule has 3 N–H and O–H groups in total. The van der Waals surface area contributed by atoms with E-state index in [9.17, 15) is 14.4 Å². The van der Waals surface area contributed by atoms with E-state index in [2.05, 4.69) is 17.1 Å². The summed E-state index contributed by atoms with van der Waals surface area (Å²) in [6, 6.07) is 8.28. The smallest absolute Gasteiger partial charge is 0.330 e. The number of methoxy groups -OCH3 is 1. The molecule has 0 radical (unpaired) electrons. The van der Waals surface area contributed by atoms with Crippen LogP contribution in [-0.4, -0.2) is 47.5 Å². The van der Waals surface area contributed by atoms with E-state index >= 15 is 0 Å². The minimum absolute atomic E-state index is 0.0365. The number of hydrogen-bond donors (Lipinski definition) is 2. The highest BCUT2D eigenvalue weighted by Gasteiger charge is 2.28. The van der Waals surface area contributed by atoms with Gasteiger partial charge in [0.15, 0.2) is 5.78 Å². The largest absolute Gasteiger partial charge is 0.384 e. The molecular formula is C19H24N4O4. The van der Waals surface area contributed by atoms with Gasteiger partial charge in [-0.05, 0) is 31.0 Å². The van der Waals surface area contributed by atoms with Gasteiger partial charge >= 0.3 is 5.69 Å². The predicted octanol–water partition coefficient (Wildman–Crippen LogP) is 0.567.